The molecule has 0 saturated carbocycles. The summed E-state index contributed by atoms with van der Waals surface area (Å²) in [5, 5.41) is 8.47. The van der Waals surface area contributed by atoms with Crippen LogP contribution in [-0.4, -0.2) is 5.80 Å². The molecule has 0 aliphatic heterocycles. The Morgan fingerprint density at radius 1 is 1.35 bits per heavy atom. The molecule has 0 spiro atoms. The highest BCUT2D eigenvalue weighted by Crippen LogP contribution is 2.05. The minimum absolute atomic E-state index is 0.637. The van der Waals surface area contributed by atoms with Crippen molar-refractivity contribution in [1.82, 2.24) is 0 Å². The Bertz CT molecular complexity index is 425. The first kappa shape index (κ1) is 15.6. The third-order valence-electron chi connectivity index (χ3n) is 2.43. The Kier molecular flexibility index (Phi) is 8.03. The summed E-state index contributed by atoms with van der Waals surface area (Å²) in [6.07, 6.45) is 2.11. The zero-order chi connectivity index (χ0) is 13.3. The molecule has 0 saturated heterocycles. The second kappa shape index (κ2) is 8.74. The van der Waals surface area contributed by atoms with Crippen LogP contribution in [-0.2, 0) is 0 Å². The van der Waals surface area contributed by atoms with Crippen molar-refractivity contribution in [1.29, 1.82) is 5.26 Å². The van der Waals surface area contributed by atoms with Crippen LogP contribution in [0.2, 0.25) is 0 Å². The molecule has 0 atom stereocenters. The minimum atomic E-state index is 0.637. The second-order valence-corrected chi connectivity index (χ2v) is 4.30. The van der Waals surface area contributed by atoms with Crippen molar-refractivity contribution >= 4 is 14.7 Å². The average molecular weight is 245 g/mol. The van der Waals surface area contributed by atoms with Crippen LogP contribution in [0.15, 0.2) is 35.9 Å². The van der Waals surface area contributed by atoms with Gasteiger partial charge in [-0.1, -0.05) is 38.1 Å². The molecular formula is C15H20NP. The van der Waals surface area contributed by atoms with Crippen molar-refractivity contribution < 1.29 is 0 Å². The molecule has 0 radical (unpaired) electrons. The summed E-state index contributed by atoms with van der Waals surface area (Å²) in [7, 11) is 3.33. The molecule has 0 amide bonds. The molecule has 1 aromatic carbocycles. The number of nitriles is 1. The largest absolute Gasteiger partial charge is 0.192 e. The molecule has 0 fully saturated rings. The Morgan fingerprint density at radius 2 is 1.94 bits per heavy atom. The highest BCUT2D eigenvalue weighted by atomic mass is 31.0. The smallest absolute Gasteiger partial charge is 0.0994 e. The second-order valence-electron chi connectivity index (χ2n) is 4.01. The Hall–Kier alpha value is -1.38. The van der Waals surface area contributed by atoms with Crippen molar-refractivity contribution in [3.63, 3.8) is 0 Å². The summed E-state index contributed by atoms with van der Waals surface area (Å²) in [4.78, 5) is 0. The van der Waals surface area contributed by atoms with Gasteiger partial charge in [-0.05, 0) is 42.8 Å². The average Bonchev–Trinajstić information content (AvgIpc) is 2.31. The van der Waals surface area contributed by atoms with Crippen molar-refractivity contribution in [3.8, 4) is 6.07 Å². The van der Waals surface area contributed by atoms with Crippen LogP contribution in [0.5, 0.6) is 0 Å². The molecule has 0 heterocycles. The lowest BCUT2D eigenvalue weighted by Gasteiger charge is -2.01. The molecule has 2 heteroatoms. The molecule has 17 heavy (non-hydrogen) atoms. The maximum atomic E-state index is 8.47. The zero-order valence-electron chi connectivity index (χ0n) is 11.0. The first-order chi connectivity index (χ1) is 8.06. The van der Waals surface area contributed by atoms with Crippen LogP contribution < -0.4 is 0 Å². The van der Waals surface area contributed by atoms with E-state index in [2.05, 4.69) is 34.9 Å². The summed E-state index contributed by atoms with van der Waals surface area (Å²) in [6, 6.07) is 9.63. The SMILES string of the molecule is C/C=C(\C=P)C(C)C.Cc1ccccc1C#N. The third kappa shape index (κ3) is 6.05. The first-order valence-corrected chi connectivity index (χ1v) is 6.27. The number of hydrogen-bond donors (Lipinski definition) is 0. The van der Waals surface area contributed by atoms with Gasteiger partial charge >= 0.3 is 0 Å². The topological polar surface area (TPSA) is 23.8 Å². The van der Waals surface area contributed by atoms with E-state index >= 15 is 0 Å². The summed E-state index contributed by atoms with van der Waals surface area (Å²) >= 11 is 0. The van der Waals surface area contributed by atoms with Gasteiger partial charge in [0.2, 0.25) is 0 Å². The predicted octanol–water partition coefficient (Wildman–Crippen LogP) is 4.40. The highest BCUT2D eigenvalue weighted by molar-refractivity contribution is 7.19. The van der Waals surface area contributed by atoms with Crippen molar-refractivity contribution in [3.05, 3.63) is 47.0 Å². The van der Waals surface area contributed by atoms with E-state index in [1.54, 1.807) is 0 Å². The van der Waals surface area contributed by atoms with Crippen molar-refractivity contribution in [2.75, 3.05) is 0 Å². The summed E-state index contributed by atoms with van der Waals surface area (Å²) in [5.74, 6) is 2.60. The number of allylic oxidation sites excluding steroid dienone is 2. The van der Waals surface area contributed by atoms with Gasteiger partial charge in [0.15, 0.2) is 0 Å². The first-order valence-electron chi connectivity index (χ1n) is 5.69. The Labute approximate surface area is 107 Å². The van der Waals surface area contributed by atoms with E-state index in [0.717, 1.165) is 11.1 Å². The third-order valence-corrected chi connectivity index (χ3v) is 2.77. The summed E-state index contributed by atoms with van der Waals surface area (Å²) in [6.45, 7) is 8.32. The maximum Gasteiger partial charge on any atom is 0.0994 e. The molecular weight excluding hydrogens is 225 g/mol. The van der Waals surface area contributed by atoms with E-state index in [1.165, 1.54) is 5.57 Å². The standard InChI is InChI=1S/C8H7N.C7H13P/c1-7-4-2-3-5-8(7)6-9;1-4-7(5-8)6(2)3/h2-5H,1H3;4-6,8H,1-3H3/b;7-4+. The van der Waals surface area contributed by atoms with Gasteiger partial charge in [0.05, 0.1) is 11.6 Å². The molecule has 0 aromatic heterocycles. The van der Waals surface area contributed by atoms with Crippen LogP contribution in [0.1, 0.15) is 31.9 Å². The lowest BCUT2D eigenvalue weighted by atomic mass is 10.1. The summed E-state index contributed by atoms with van der Waals surface area (Å²) < 4.78 is 0. The fourth-order valence-electron chi connectivity index (χ4n) is 1.28. The lowest BCUT2D eigenvalue weighted by molar-refractivity contribution is 0.807. The van der Waals surface area contributed by atoms with E-state index in [1.807, 2.05) is 43.9 Å². The van der Waals surface area contributed by atoms with E-state index in [0.29, 0.717) is 5.92 Å². The van der Waals surface area contributed by atoms with Crippen LogP contribution in [0.4, 0.5) is 0 Å². The van der Waals surface area contributed by atoms with Gasteiger partial charge in [0.1, 0.15) is 0 Å². The number of nitrogens with zero attached hydrogens (tertiary/aromatic N) is 1. The fourth-order valence-corrected chi connectivity index (χ4v) is 1.78. The molecule has 1 nitrogen and oxygen atoms in total. The molecule has 0 unspecified atom stereocenters. The van der Waals surface area contributed by atoms with Gasteiger partial charge in [-0.25, -0.2) is 0 Å². The Morgan fingerprint density at radius 3 is 2.18 bits per heavy atom. The minimum Gasteiger partial charge on any atom is -0.192 e. The Balaban J connectivity index is 0.000000304. The van der Waals surface area contributed by atoms with E-state index in [9.17, 15) is 0 Å². The van der Waals surface area contributed by atoms with Crippen LogP contribution >= 0.6 is 8.86 Å². The number of aryl methyl sites for hydroxylation is 1. The quantitative estimate of drug-likeness (QED) is 0.708. The molecule has 1 rings (SSSR count). The van der Waals surface area contributed by atoms with Crippen molar-refractivity contribution in [2.24, 2.45) is 5.92 Å². The molecule has 0 bridgehead atoms. The van der Waals surface area contributed by atoms with E-state index in [4.69, 9.17) is 5.26 Å². The zero-order valence-corrected chi connectivity index (χ0v) is 12.0. The molecule has 0 N–H and O–H groups in total. The van der Waals surface area contributed by atoms with E-state index < -0.39 is 0 Å². The van der Waals surface area contributed by atoms with Crippen LogP contribution in [0, 0.1) is 24.2 Å². The van der Waals surface area contributed by atoms with Gasteiger partial charge < -0.3 is 0 Å². The number of hydrogen-bond acceptors (Lipinski definition) is 1. The van der Waals surface area contributed by atoms with Gasteiger partial charge in [0, 0.05) is 0 Å². The molecule has 1 aromatic rings. The number of benzene rings is 1. The monoisotopic (exact) mass is 245 g/mol. The summed E-state index contributed by atoms with van der Waals surface area (Å²) in [5.41, 5.74) is 3.15. The number of rotatable bonds is 2. The van der Waals surface area contributed by atoms with Crippen LogP contribution in [0.3, 0.4) is 0 Å². The fraction of sp³-hybridized carbons (Fsp3) is 0.333. The highest BCUT2D eigenvalue weighted by Gasteiger charge is 1.93. The van der Waals surface area contributed by atoms with Gasteiger partial charge in [-0.2, -0.15) is 5.26 Å². The van der Waals surface area contributed by atoms with E-state index in [-0.39, 0.29) is 0 Å². The van der Waals surface area contributed by atoms with Crippen LogP contribution in [0.25, 0.3) is 0 Å². The van der Waals surface area contributed by atoms with Crippen molar-refractivity contribution in [2.45, 2.75) is 27.7 Å². The van der Waals surface area contributed by atoms with Gasteiger partial charge in [0.25, 0.3) is 0 Å². The molecule has 90 valence electrons. The maximum absolute atomic E-state index is 8.47. The molecule has 0 aliphatic carbocycles. The predicted molar refractivity (Wildman–Crippen MR) is 78.9 cm³/mol. The van der Waals surface area contributed by atoms with Gasteiger partial charge in [-0.3, -0.25) is 0 Å². The molecule has 0 aliphatic rings. The normalized spacial score (nSPS) is 10.2. The van der Waals surface area contributed by atoms with Gasteiger partial charge in [-0.15, -0.1) is 8.86 Å². The lowest BCUT2D eigenvalue weighted by Crippen LogP contribution is -1.91.